The number of rotatable bonds is 7. The summed E-state index contributed by atoms with van der Waals surface area (Å²) in [6, 6.07) is 11.7. The van der Waals surface area contributed by atoms with Crippen molar-refractivity contribution in [2.45, 2.75) is 11.4 Å². The Morgan fingerprint density at radius 3 is 2.22 bits per heavy atom. The van der Waals surface area contributed by atoms with Crippen LogP contribution in [0.25, 0.3) is 0 Å². The minimum absolute atomic E-state index is 0.0553. The van der Waals surface area contributed by atoms with Crippen molar-refractivity contribution in [2.24, 2.45) is 5.73 Å². The summed E-state index contributed by atoms with van der Waals surface area (Å²) in [7, 11) is -2.46. The van der Waals surface area contributed by atoms with E-state index in [9.17, 15) is 18.0 Å². The number of hydrogen-bond acceptors (Lipinski definition) is 4. The monoisotopic (exact) mass is 410 g/mol. The van der Waals surface area contributed by atoms with Crippen molar-refractivity contribution in [3.05, 3.63) is 59.1 Å². The van der Waals surface area contributed by atoms with Gasteiger partial charge in [0.2, 0.25) is 15.9 Å². The number of carbonyl (C=O) groups is 2. The lowest BCUT2D eigenvalue weighted by Gasteiger charge is -2.17. The zero-order valence-corrected chi connectivity index (χ0v) is 16.0. The normalized spacial score (nSPS) is 11.2. The Kier molecular flexibility index (Phi) is 6.78. The number of urea groups is 1. The number of carbonyl (C=O) groups excluding carboxylic acids is 2. The first-order chi connectivity index (χ1) is 12.7. The second-order valence-electron chi connectivity index (χ2n) is 5.68. The van der Waals surface area contributed by atoms with Crippen molar-refractivity contribution in [3.63, 3.8) is 0 Å². The molecule has 27 heavy (non-hydrogen) atoms. The maximum absolute atomic E-state index is 12.4. The maximum atomic E-state index is 12.4. The van der Waals surface area contributed by atoms with Crippen molar-refractivity contribution in [2.75, 3.05) is 18.9 Å². The minimum atomic E-state index is -3.79. The van der Waals surface area contributed by atoms with E-state index in [-0.39, 0.29) is 18.0 Å². The molecule has 0 atom stereocenters. The number of nitrogens with two attached hydrogens (primary N) is 1. The molecule has 8 nitrogen and oxygen atoms in total. The molecule has 0 aliphatic carbocycles. The van der Waals surface area contributed by atoms with Crippen molar-refractivity contribution in [1.82, 2.24) is 9.62 Å². The van der Waals surface area contributed by atoms with Crippen molar-refractivity contribution in [3.8, 4) is 0 Å². The number of sulfonamides is 1. The molecule has 0 heterocycles. The van der Waals surface area contributed by atoms with Gasteiger partial charge in [-0.25, -0.2) is 13.2 Å². The molecule has 0 saturated heterocycles. The van der Waals surface area contributed by atoms with Crippen LogP contribution in [0.1, 0.15) is 5.56 Å². The highest BCUT2D eigenvalue weighted by atomic mass is 35.5. The predicted octanol–water partition coefficient (Wildman–Crippen LogP) is 1.77. The molecule has 0 bridgehead atoms. The van der Waals surface area contributed by atoms with Gasteiger partial charge in [0.1, 0.15) is 0 Å². The van der Waals surface area contributed by atoms with Gasteiger partial charge in [-0.05, 0) is 42.0 Å². The quantitative estimate of drug-likeness (QED) is 0.643. The molecule has 4 N–H and O–H groups in total. The van der Waals surface area contributed by atoms with E-state index >= 15 is 0 Å². The molecule has 3 amide bonds. The van der Waals surface area contributed by atoms with Crippen LogP contribution in [-0.4, -0.2) is 38.3 Å². The summed E-state index contributed by atoms with van der Waals surface area (Å²) in [5.41, 5.74) is 6.34. The van der Waals surface area contributed by atoms with Gasteiger partial charge in [0.15, 0.2) is 0 Å². The van der Waals surface area contributed by atoms with Crippen LogP contribution in [-0.2, 0) is 21.4 Å². The van der Waals surface area contributed by atoms with Crippen LogP contribution < -0.4 is 16.4 Å². The van der Waals surface area contributed by atoms with Gasteiger partial charge in [-0.3, -0.25) is 4.79 Å². The summed E-state index contributed by atoms with van der Waals surface area (Å²) < 4.78 is 25.8. The average Bonchev–Trinajstić information content (AvgIpc) is 2.61. The zero-order chi connectivity index (χ0) is 20.0. The fourth-order valence-corrected chi connectivity index (χ4v) is 3.43. The molecule has 2 aromatic carbocycles. The highest BCUT2D eigenvalue weighted by Crippen LogP contribution is 2.17. The Balaban J connectivity index is 1.91. The van der Waals surface area contributed by atoms with Gasteiger partial charge >= 0.3 is 6.03 Å². The second-order valence-corrected chi connectivity index (χ2v) is 8.16. The second kappa shape index (κ2) is 8.85. The first-order valence-corrected chi connectivity index (χ1v) is 9.64. The number of anilines is 1. The molecule has 0 fully saturated rings. The number of nitrogens with zero attached hydrogens (tertiary/aromatic N) is 1. The maximum Gasteiger partial charge on any atom is 0.316 e. The lowest BCUT2D eigenvalue weighted by Crippen LogP contribution is -2.38. The van der Waals surface area contributed by atoms with E-state index in [4.69, 9.17) is 17.3 Å². The van der Waals surface area contributed by atoms with Crippen molar-refractivity contribution in [1.29, 1.82) is 0 Å². The molecule has 2 aromatic rings. The SMILES string of the molecule is CN(CC(=O)NCc1ccc(NC(N)=O)cc1)S(=O)(=O)c1ccc(Cl)cc1. The van der Waals surface area contributed by atoms with Gasteiger partial charge in [0, 0.05) is 24.3 Å². The number of nitrogens with one attached hydrogen (secondary N) is 2. The number of likely N-dealkylation sites (N-methyl/N-ethyl adjacent to an activating group) is 1. The molecule has 144 valence electrons. The van der Waals surface area contributed by atoms with Gasteiger partial charge in [0.05, 0.1) is 11.4 Å². The van der Waals surface area contributed by atoms with Gasteiger partial charge in [-0.2, -0.15) is 4.31 Å². The summed E-state index contributed by atoms with van der Waals surface area (Å²) in [6.45, 7) is -0.114. The van der Waals surface area contributed by atoms with Crippen LogP contribution in [0.4, 0.5) is 10.5 Å². The molecule has 2 rings (SSSR count). The van der Waals surface area contributed by atoms with E-state index < -0.39 is 22.0 Å². The number of amides is 3. The van der Waals surface area contributed by atoms with E-state index in [1.165, 1.54) is 31.3 Å². The largest absolute Gasteiger partial charge is 0.351 e. The number of hydrogen-bond donors (Lipinski definition) is 3. The number of primary amides is 1. The molecule has 0 saturated carbocycles. The molecule has 0 radical (unpaired) electrons. The number of benzene rings is 2. The summed E-state index contributed by atoms with van der Waals surface area (Å²) in [4.78, 5) is 22.9. The van der Waals surface area contributed by atoms with Gasteiger partial charge in [-0.15, -0.1) is 0 Å². The van der Waals surface area contributed by atoms with Crippen LogP contribution in [0.5, 0.6) is 0 Å². The lowest BCUT2D eigenvalue weighted by molar-refractivity contribution is -0.121. The zero-order valence-electron chi connectivity index (χ0n) is 14.5. The van der Waals surface area contributed by atoms with Gasteiger partial charge in [-0.1, -0.05) is 23.7 Å². The predicted molar refractivity (Wildman–Crippen MR) is 103 cm³/mol. The molecule has 10 heteroatoms. The first kappa shape index (κ1) is 20.7. The van der Waals surface area contributed by atoms with Crippen molar-refractivity contribution >= 4 is 39.2 Å². The standard InChI is InChI=1S/C17H19ClN4O4S/c1-22(27(25,26)15-8-4-13(18)5-9-15)11-16(23)20-10-12-2-6-14(7-3-12)21-17(19)24/h2-9H,10-11H2,1H3,(H,20,23)(H3,19,21,24). The van der Waals surface area contributed by atoms with Crippen molar-refractivity contribution < 1.29 is 18.0 Å². The molecular formula is C17H19ClN4O4S. The van der Waals surface area contributed by atoms with Gasteiger partial charge in [0.25, 0.3) is 0 Å². The van der Waals surface area contributed by atoms with E-state index in [0.29, 0.717) is 10.7 Å². The fraction of sp³-hybridized carbons (Fsp3) is 0.176. The van der Waals surface area contributed by atoms with E-state index in [2.05, 4.69) is 10.6 Å². The van der Waals surface area contributed by atoms with Gasteiger partial charge < -0.3 is 16.4 Å². The van der Waals surface area contributed by atoms with Crippen LogP contribution >= 0.6 is 11.6 Å². The van der Waals surface area contributed by atoms with Crippen LogP contribution in [0.15, 0.2) is 53.4 Å². The number of halogens is 1. The third kappa shape index (κ3) is 5.95. The van der Waals surface area contributed by atoms with Crippen LogP contribution in [0, 0.1) is 0 Å². The molecule has 0 aliphatic heterocycles. The molecule has 0 aliphatic rings. The smallest absolute Gasteiger partial charge is 0.316 e. The Hall–Kier alpha value is -2.62. The van der Waals surface area contributed by atoms with Crippen LogP contribution in [0.2, 0.25) is 5.02 Å². The molecule has 0 aromatic heterocycles. The highest BCUT2D eigenvalue weighted by molar-refractivity contribution is 7.89. The minimum Gasteiger partial charge on any atom is -0.351 e. The Morgan fingerprint density at radius 2 is 1.67 bits per heavy atom. The summed E-state index contributed by atoms with van der Waals surface area (Å²) in [6.07, 6.45) is 0. The fourth-order valence-electron chi connectivity index (χ4n) is 2.18. The summed E-state index contributed by atoms with van der Waals surface area (Å²) in [5.74, 6) is -0.450. The first-order valence-electron chi connectivity index (χ1n) is 7.82. The molecule has 0 spiro atoms. The van der Waals surface area contributed by atoms with E-state index in [1.54, 1.807) is 24.3 Å². The van der Waals surface area contributed by atoms with Crippen LogP contribution in [0.3, 0.4) is 0 Å². The molecular weight excluding hydrogens is 392 g/mol. The van der Waals surface area contributed by atoms with E-state index in [0.717, 1.165) is 9.87 Å². The molecule has 0 unspecified atom stereocenters. The third-order valence-electron chi connectivity index (χ3n) is 3.60. The average molecular weight is 411 g/mol. The summed E-state index contributed by atoms with van der Waals surface area (Å²) >= 11 is 5.76. The lowest BCUT2D eigenvalue weighted by atomic mass is 10.2. The van der Waals surface area contributed by atoms with E-state index in [1.807, 2.05) is 0 Å². The Morgan fingerprint density at radius 1 is 1.07 bits per heavy atom. The topological polar surface area (TPSA) is 122 Å². The Labute approximate surface area is 162 Å². The Bertz CT molecular complexity index is 915. The highest BCUT2D eigenvalue weighted by Gasteiger charge is 2.22. The summed E-state index contributed by atoms with van der Waals surface area (Å²) in [5, 5.41) is 5.50. The third-order valence-corrected chi connectivity index (χ3v) is 5.67.